The highest BCUT2D eigenvalue weighted by atomic mass is 16.7. The van der Waals surface area contributed by atoms with Crippen molar-refractivity contribution in [3.05, 3.63) is 29.3 Å². The Labute approximate surface area is 138 Å². The summed E-state index contributed by atoms with van der Waals surface area (Å²) < 4.78 is 11.8. The molecule has 4 heteroatoms. The third-order valence-corrected chi connectivity index (χ3v) is 4.50. The van der Waals surface area contributed by atoms with Crippen molar-refractivity contribution in [1.82, 2.24) is 0 Å². The van der Waals surface area contributed by atoms with Crippen LogP contribution in [-0.2, 0) is 26.5 Å². The van der Waals surface area contributed by atoms with Gasteiger partial charge in [-0.3, -0.25) is 4.79 Å². The highest BCUT2D eigenvalue weighted by Crippen LogP contribution is 2.45. The number of unbranched alkanes of at least 4 members (excludes halogenated alkanes) is 1. The van der Waals surface area contributed by atoms with Gasteiger partial charge in [0.2, 0.25) is 0 Å². The molecule has 0 N–H and O–H groups in total. The summed E-state index contributed by atoms with van der Waals surface area (Å²) in [6.07, 6.45) is 4.17. The molecule has 4 nitrogen and oxygen atoms in total. The third kappa shape index (κ3) is 2.90. The molecule has 2 heterocycles. The number of carbonyl (C=O) groups excluding carboxylic acids is 1. The first-order valence-corrected chi connectivity index (χ1v) is 8.81. The molecule has 2 aliphatic rings. The number of carbonyl (C=O) groups is 1. The second-order valence-electron chi connectivity index (χ2n) is 6.93. The molecular formula is C19H27NO3. The summed E-state index contributed by atoms with van der Waals surface area (Å²) in [6.45, 7) is 8.26. The molecule has 1 aromatic rings. The van der Waals surface area contributed by atoms with Crippen LogP contribution in [0.25, 0.3) is 0 Å². The lowest BCUT2D eigenvalue weighted by Crippen LogP contribution is -2.47. The van der Waals surface area contributed by atoms with E-state index in [9.17, 15) is 4.79 Å². The predicted molar refractivity (Wildman–Crippen MR) is 90.4 cm³/mol. The van der Waals surface area contributed by atoms with E-state index in [4.69, 9.17) is 9.47 Å². The van der Waals surface area contributed by atoms with Crippen molar-refractivity contribution in [1.29, 1.82) is 0 Å². The van der Waals surface area contributed by atoms with Gasteiger partial charge >= 0.3 is 0 Å². The minimum Gasteiger partial charge on any atom is -0.338 e. The Morgan fingerprint density at radius 3 is 2.65 bits per heavy atom. The topological polar surface area (TPSA) is 38.8 Å². The fourth-order valence-electron chi connectivity index (χ4n) is 3.38. The molecule has 0 aromatic heterocycles. The number of rotatable bonds is 5. The molecule has 2 aliphatic heterocycles. The quantitative estimate of drug-likeness (QED) is 0.832. The van der Waals surface area contributed by atoms with Gasteiger partial charge in [-0.2, -0.15) is 0 Å². The molecule has 1 aromatic carbocycles. The summed E-state index contributed by atoms with van der Waals surface area (Å²) >= 11 is 0. The van der Waals surface area contributed by atoms with Crippen molar-refractivity contribution in [2.24, 2.45) is 5.92 Å². The van der Waals surface area contributed by atoms with E-state index in [1.54, 1.807) is 0 Å². The number of benzene rings is 1. The Morgan fingerprint density at radius 2 is 2.00 bits per heavy atom. The first-order chi connectivity index (χ1) is 11.1. The molecule has 1 spiro atoms. The number of ether oxygens (including phenoxy) is 2. The van der Waals surface area contributed by atoms with Crippen molar-refractivity contribution >= 4 is 11.6 Å². The van der Waals surface area contributed by atoms with Crippen LogP contribution in [0.15, 0.2) is 18.2 Å². The van der Waals surface area contributed by atoms with Crippen LogP contribution < -0.4 is 4.90 Å². The van der Waals surface area contributed by atoms with E-state index in [1.165, 1.54) is 5.56 Å². The Bertz CT molecular complexity index is 576. The fraction of sp³-hybridized carbons (Fsp3) is 0.632. The van der Waals surface area contributed by atoms with E-state index >= 15 is 0 Å². The van der Waals surface area contributed by atoms with E-state index < -0.39 is 5.79 Å². The maximum atomic E-state index is 13.1. The zero-order valence-electron chi connectivity index (χ0n) is 14.4. The summed E-state index contributed by atoms with van der Waals surface area (Å²) in [5.74, 6) is -0.871. The summed E-state index contributed by atoms with van der Waals surface area (Å²) in [5.41, 5.74) is 3.10. The number of nitrogens with zero attached hydrogens (tertiary/aromatic N) is 1. The minimum atomic E-state index is -1.20. The lowest BCUT2D eigenvalue weighted by Gasteiger charge is -2.32. The van der Waals surface area contributed by atoms with Crippen LogP contribution >= 0.6 is 0 Å². The zero-order valence-corrected chi connectivity index (χ0v) is 14.4. The van der Waals surface area contributed by atoms with Gasteiger partial charge in [-0.05, 0) is 42.9 Å². The molecule has 1 saturated heterocycles. The second-order valence-corrected chi connectivity index (χ2v) is 6.93. The van der Waals surface area contributed by atoms with Crippen molar-refractivity contribution in [3.63, 3.8) is 0 Å². The lowest BCUT2D eigenvalue weighted by atomic mass is 10.00. The largest absolute Gasteiger partial charge is 0.338 e. The van der Waals surface area contributed by atoms with Gasteiger partial charge in [0.1, 0.15) is 0 Å². The number of anilines is 1. The van der Waals surface area contributed by atoms with Gasteiger partial charge in [0.15, 0.2) is 0 Å². The monoisotopic (exact) mass is 317 g/mol. The van der Waals surface area contributed by atoms with E-state index in [1.807, 2.05) is 4.90 Å². The molecule has 3 rings (SSSR count). The molecule has 0 atom stereocenters. The summed E-state index contributed by atoms with van der Waals surface area (Å²) in [4.78, 5) is 14.9. The highest BCUT2D eigenvalue weighted by Gasteiger charge is 2.54. The van der Waals surface area contributed by atoms with Gasteiger partial charge in [0.25, 0.3) is 11.7 Å². The van der Waals surface area contributed by atoms with Crippen molar-refractivity contribution in [2.75, 3.05) is 24.7 Å². The first kappa shape index (κ1) is 16.5. The number of amides is 1. The van der Waals surface area contributed by atoms with Crippen molar-refractivity contribution < 1.29 is 14.3 Å². The molecule has 0 aliphatic carbocycles. The molecule has 126 valence electrons. The smallest absolute Gasteiger partial charge is 0.292 e. The average molecular weight is 317 g/mol. The molecule has 1 amide bonds. The molecule has 0 bridgehead atoms. The average Bonchev–Trinajstić information content (AvgIpc) is 2.76. The van der Waals surface area contributed by atoms with Crippen LogP contribution in [0.4, 0.5) is 5.69 Å². The molecular weight excluding hydrogens is 290 g/mol. The van der Waals surface area contributed by atoms with Gasteiger partial charge < -0.3 is 14.4 Å². The SMILES string of the molecule is CCCCc1ccc2c(c1)C1(OCCCO1)C(=O)N2CC(C)C. The Kier molecular flexibility index (Phi) is 4.74. The van der Waals surface area contributed by atoms with Crippen molar-refractivity contribution in [2.45, 2.75) is 52.2 Å². The fourth-order valence-corrected chi connectivity index (χ4v) is 3.38. The molecule has 0 saturated carbocycles. The summed E-state index contributed by atoms with van der Waals surface area (Å²) in [7, 11) is 0. The normalized spacial score (nSPS) is 19.7. The Balaban J connectivity index is 2.01. The summed E-state index contributed by atoms with van der Waals surface area (Å²) in [6, 6.07) is 6.32. The number of hydrogen-bond acceptors (Lipinski definition) is 3. The van der Waals surface area contributed by atoms with Crippen LogP contribution in [0.5, 0.6) is 0 Å². The highest BCUT2D eigenvalue weighted by molar-refractivity contribution is 6.06. The zero-order chi connectivity index (χ0) is 16.4. The molecule has 1 fully saturated rings. The van der Waals surface area contributed by atoms with E-state index in [0.717, 1.165) is 36.9 Å². The molecule has 0 unspecified atom stereocenters. The second kappa shape index (κ2) is 6.62. The van der Waals surface area contributed by atoms with Crippen molar-refractivity contribution in [3.8, 4) is 0 Å². The lowest BCUT2D eigenvalue weighted by molar-refractivity contribution is -0.256. The molecule has 0 radical (unpaired) electrons. The minimum absolute atomic E-state index is 0.0615. The van der Waals surface area contributed by atoms with Gasteiger partial charge in [0.05, 0.1) is 18.9 Å². The summed E-state index contributed by atoms with van der Waals surface area (Å²) in [5, 5.41) is 0. The van der Waals surface area contributed by atoms with Crippen LogP contribution in [-0.4, -0.2) is 25.7 Å². The maximum absolute atomic E-state index is 13.1. The predicted octanol–water partition coefficient (Wildman–Crippen LogP) is 3.62. The third-order valence-electron chi connectivity index (χ3n) is 4.50. The van der Waals surface area contributed by atoms with Gasteiger partial charge in [0, 0.05) is 12.1 Å². The van der Waals surface area contributed by atoms with Crippen LogP contribution in [0.3, 0.4) is 0 Å². The number of aryl methyl sites for hydroxylation is 1. The van der Waals surface area contributed by atoms with Crippen LogP contribution in [0.2, 0.25) is 0 Å². The van der Waals surface area contributed by atoms with Gasteiger partial charge in [-0.25, -0.2) is 0 Å². The van der Waals surface area contributed by atoms with E-state index in [2.05, 4.69) is 39.0 Å². The van der Waals surface area contributed by atoms with E-state index in [-0.39, 0.29) is 5.91 Å². The standard InChI is InChI=1S/C19H27NO3/c1-4-5-7-15-8-9-17-16(12-15)19(22-10-6-11-23-19)18(21)20(17)13-14(2)3/h8-9,12,14H,4-7,10-11,13H2,1-3H3. The van der Waals surface area contributed by atoms with Crippen LogP contribution in [0.1, 0.15) is 51.2 Å². The first-order valence-electron chi connectivity index (χ1n) is 8.81. The van der Waals surface area contributed by atoms with Gasteiger partial charge in [-0.1, -0.05) is 33.3 Å². The van der Waals surface area contributed by atoms with Crippen LogP contribution in [0, 0.1) is 5.92 Å². The Morgan fingerprint density at radius 1 is 1.26 bits per heavy atom. The Hall–Kier alpha value is -1.39. The maximum Gasteiger partial charge on any atom is 0.292 e. The number of hydrogen-bond donors (Lipinski definition) is 0. The molecule has 23 heavy (non-hydrogen) atoms. The van der Waals surface area contributed by atoms with Gasteiger partial charge in [-0.15, -0.1) is 0 Å². The van der Waals surface area contributed by atoms with E-state index in [0.29, 0.717) is 25.7 Å². The number of fused-ring (bicyclic) bond motifs is 2.